The molecular formula is C13H18N2O3. The number of amides is 1. The second-order valence-electron chi connectivity index (χ2n) is 3.84. The highest BCUT2D eigenvalue weighted by Crippen LogP contribution is 2.17. The van der Waals surface area contributed by atoms with E-state index in [1.54, 1.807) is 39.2 Å². The number of carbonyl (C=O) groups is 1. The van der Waals surface area contributed by atoms with Gasteiger partial charge in [-0.25, -0.2) is 5.43 Å². The van der Waals surface area contributed by atoms with E-state index >= 15 is 0 Å². The first-order valence-corrected chi connectivity index (χ1v) is 5.67. The Balaban J connectivity index is 2.74. The zero-order chi connectivity index (χ0) is 13.4. The maximum atomic E-state index is 11.9. The summed E-state index contributed by atoms with van der Waals surface area (Å²) in [5.41, 5.74) is 3.70. The van der Waals surface area contributed by atoms with Gasteiger partial charge in [0.15, 0.2) is 0 Å². The summed E-state index contributed by atoms with van der Waals surface area (Å²) in [5.74, 6) is 0.236. The fourth-order valence-corrected chi connectivity index (χ4v) is 1.24. The minimum atomic E-state index is -0.288. The van der Waals surface area contributed by atoms with E-state index in [0.717, 1.165) is 5.71 Å². The predicted octanol–water partition coefficient (Wildman–Crippen LogP) is 1.84. The number of methoxy groups -OCH3 is 1. The lowest BCUT2D eigenvalue weighted by atomic mass is 10.2. The third-order valence-corrected chi connectivity index (χ3v) is 2.06. The minimum absolute atomic E-state index is 0.288. The summed E-state index contributed by atoms with van der Waals surface area (Å²) >= 11 is 0. The molecule has 0 radical (unpaired) electrons. The number of para-hydroxylation sites is 1. The van der Waals surface area contributed by atoms with Crippen molar-refractivity contribution >= 4 is 11.6 Å². The molecule has 1 aromatic rings. The van der Waals surface area contributed by atoms with E-state index < -0.39 is 0 Å². The van der Waals surface area contributed by atoms with E-state index in [1.807, 2.05) is 6.07 Å². The lowest BCUT2D eigenvalue weighted by molar-refractivity contribution is 0.0947. The number of ether oxygens (including phenoxy) is 2. The van der Waals surface area contributed by atoms with Crippen LogP contribution in [0.5, 0.6) is 5.75 Å². The zero-order valence-electron chi connectivity index (χ0n) is 10.9. The number of benzene rings is 1. The summed E-state index contributed by atoms with van der Waals surface area (Å²) in [6, 6.07) is 7.03. The summed E-state index contributed by atoms with van der Waals surface area (Å²) in [6.45, 7) is 4.49. The Kier molecular flexibility index (Phi) is 5.87. The van der Waals surface area contributed by atoms with Crippen molar-refractivity contribution in [3.8, 4) is 5.75 Å². The van der Waals surface area contributed by atoms with Crippen LogP contribution < -0.4 is 10.2 Å². The van der Waals surface area contributed by atoms with E-state index in [-0.39, 0.29) is 5.91 Å². The average Bonchev–Trinajstić information content (AvgIpc) is 2.37. The molecule has 0 saturated heterocycles. The molecule has 0 spiro atoms. The highest BCUT2D eigenvalue weighted by atomic mass is 16.5. The fourth-order valence-electron chi connectivity index (χ4n) is 1.24. The van der Waals surface area contributed by atoms with Gasteiger partial charge in [0.25, 0.3) is 5.91 Å². The lowest BCUT2D eigenvalue weighted by Gasteiger charge is -2.09. The van der Waals surface area contributed by atoms with Gasteiger partial charge >= 0.3 is 0 Å². The molecule has 0 saturated carbocycles. The largest absolute Gasteiger partial charge is 0.490 e. The number of hydrogen-bond acceptors (Lipinski definition) is 4. The average molecular weight is 250 g/mol. The molecule has 1 amide bonds. The molecule has 0 unspecified atom stereocenters. The first kappa shape index (κ1) is 14.2. The van der Waals surface area contributed by atoms with Crippen LogP contribution in [0.2, 0.25) is 0 Å². The summed E-state index contributed by atoms with van der Waals surface area (Å²) in [6.07, 6.45) is 0. The predicted molar refractivity (Wildman–Crippen MR) is 70.1 cm³/mol. The second-order valence-corrected chi connectivity index (χ2v) is 3.84. The Bertz CT molecular complexity index is 426. The first-order chi connectivity index (χ1) is 8.65. The summed E-state index contributed by atoms with van der Waals surface area (Å²) in [5, 5.41) is 3.88. The number of hydrogen-bond donors (Lipinski definition) is 1. The standard InChI is InChI=1S/C13H18N2O3/c1-10(2)14-15-13(16)11-6-4-5-7-12(11)18-9-8-17-3/h4-7H,8-9H2,1-3H3,(H,15,16). The van der Waals surface area contributed by atoms with E-state index in [2.05, 4.69) is 10.5 Å². The normalized spacial score (nSPS) is 9.72. The van der Waals surface area contributed by atoms with Gasteiger partial charge in [-0.2, -0.15) is 5.10 Å². The smallest absolute Gasteiger partial charge is 0.275 e. The molecule has 5 heteroatoms. The van der Waals surface area contributed by atoms with E-state index in [1.165, 1.54) is 0 Å². The monoisotopic (exact) mass is 250 g/mol. The van der Waals surface area contributed by atoms with Gasteiger partial charge < -0.3 is 9.47 Å². The lowest BCUT2D eigenvalue weighted by Crippen LogP contribution is -2.20. The zero-order valence-corrected chi connectivity index (χ0v) is 10.9. The van der Waals surface area contributed by atoms with Crippen LogP contribution in [-0.4, -0.2) is 31.9 Å². The molecule has 0 aromatic heterocycles. The Hall–Kier alpha value is -1.88. The van der Waals surface area contributed by atoms with Crippen molar-refractivity contribution < 1.29 is 14.3 Å². The minimum Gasteiger partial charge on any atom is -0.490 e. The topological polar surface area (TPSA) is 59.9 Å². The molecular weight excluding hydrogens is 232 g/mol. The Morgan fingerprint density at radius 1 is 1.28 bits per heavy atom. The quantitative estimate of drug-likeness (QED) is 0.476. The number of hydrazone groups is 1. The van der Waals surface area contributed by atoms with Gasteiger partial charge in [-0.3, -0.25) is 4.79 Å². The molecule has 18 heavy (non-hydrogen) atoms. The molecule has 0 fully saturated rings. The van der Waals surface area contributed by atoms with Gasteiger partial charge in [0.2, 0.25) is 0 Å². The summed E-state index contributed by atoms with van der Waals surface area (Å²) < 4.78 is 10.4. The van der Waals surface area contributed by atoms with Crippen LogP contribution in [0.15, 0.2) is 29.4 Å². The Morgan fingerprint density at radius 2 is 2.00 bits per heavy atom. The van der Waals surface area contributed by atoms with Crippen LogP contribution in [0.3, 0.4) is 0 Å². The van der Waals surface area contributed by atoms with Crippen LogP contribution in [-0.2, 0) is 4.74 Å². The molecule has 1 aromatic carbocycles. The highest BCUT2D eigenvalue weighted by molar-refractivity contribution is 5.97. The van der Waals surface area contributed by atoms with E-state index in [0.29, 0.717) is 24.5 Å². The molecule has 5 nitrogen and oxygen atoms in total. The van der Waals surface area contributed by atoms with Gasteiger partial charge in [-0.05, 0) is 26.0 Å². The molecule has 0 heterocycles. The highest BCUT2D eigenvalue weighted by Gasteiger charge is 2.11. The van der Waals surface area contributed by atoms with Crippen LogP contribution in [0.4, 0.5) is 0 Å². The van der Waals surface area contributed by atoms with Crippen molar-refractivity contribution in [3.63, 3.8) is 0 Å². The number of nitrogens with one attached hydrogen (secondary N) is 1. The van der Waals surface area contributed by atoms with Gasteiger partial charge in [-0.1, -0.05) is 12.1 Å². The van der Waals surface area contributed by atoms with Crippen LogP contribution in [0, 0.1) is 0 Å². The molecule has 1 N–H and O–H groups in total. The van der Waals surface area contributed by atoms with Crippen molar-refractivity contribution in [1.29, 1.82) is 0 Å². The number of carbonyl (C=O) groups excluding carboxylic acids is 1. The Labute approximate surface area is 107 Å². The van der Waals surface area contributed by atoms with Crippen molar-refractivity contribution in [2.75, 3.05) is 20.3 Å². The molecule has 0 aliphatic carbocycles. The van der Waals surface area contributed by atoms with Crippen LogP contribution >= 0.6 is 0 Å². The number of rotatable bonds is 6. The fraction of sp³-hybridized carbons (Fsp3) is 0.385. The second kappa shape index (κ2) is 7.45. The third-order valence-electron chi connectivity index (χ3n) is 2.06. The van der Waals surface area contributed by atoms with Crippen LogP contribution in [0.25, 0.3) is 0 Å². The van der Waals surface area contributed by atoms with Crippen LogP contribution in [0.1, 0.15) is 24.2 Å². The molecule has 98 valence electrons. The molecule has 0 bridgehead atoms. The Morgan fingerprint density at radius 3 is 2.67 bits per heavy atom. The summed E-state index contributed by atoms with van der Waals surface area (Å²) in [7, 11) is 1.60. The number of nitrogens with zero attached hydrogens (tertiary/aromatic N) is 1. The van der Waals surface area contributed by atoms with E-state index in [9.17, 15) is 4.79 Å². The van der Waals surface area contributed by atoms with Crippen molar-refractivity contribution in [2.24, 2.45) is 5.10 Å². The summed E-state index contributed by atoms with van der Waals surface area (Å²) in [4.78, 5) is 11.9. The van der Waals surface area contributed by atoms with E-state index in [4.69, 9.17) is 9.47 Å². The van der Waals surface area contributed by atoms with Gasteiger partial charge in [-0.15, -0.1) is 0 Å². The maximum absolute atomic E-state index is 11.9. The first-order valence-electron chi connectivity index (χ1n) is 5.67. The molecule has 0 atom stereocenters. The van der Waals surface area contributed by atoms with Gasteiger partial charge in [0.05, 0.1) is 12.2 Å². The molecule has 0 aliphatic rings. The van der Waals surface area contributed by atoms with Gasteiger partial charge in [0, 0.05) is 12.8 Å². The van der Waals surface area contributed by atoms with Gasteiger partial charge in [0.1, 0.15) is 12.4 Å². The van der Waals surface area contributed by atoms with Crippen molar-refractivity contribution in [3.05, 3.63) is 29.8 Å². The molecule has 0 aliphatic heterocycles. The maximum Gasteiger partial charge on any atom is 0.275 e. The third kappa shape index (κ3) is 4.55. The SMILES string of the molecule is COCCOc1ccccc1C(=O)NN=C(C)C. The molecule has 1 rings (SSSR count). The van der Waals surface area contributed by atoms with Crippen molar-refractivity contribution in [2.45, 2.75) is 13.8 Å². The van der Waals surface area contributed by atoms with Crippen molar-refractivity contribution in [1.82, 2.24) is 5.43 Å².